The van der Waals surface area contributed by atoms with Gasteiger partial charge < -0.3 is 9.47 Å². The normalized spacial score (nSPS) is 11.9. The number of ether oxygens (including phenoxy) is 2. The lowest BCUT2D eigenvalue weighted by atomic mass is 10.0. The van der Waals surface area contributed by atoms with E-state index in [9.17, 15) is 0 Å². The Kier molecular flexibility index (Phi) is 4.22. The summed E-state index contributed by atoms with van der Waals surface area (Å²) in [5.41, 5.74) is 1.07. The molecule has 0 aliphatic rings. The van der Waals surface area contributed by atoms with Crippen LogP contribution in [0, 0.1) is 6.92 Å². The monoisotopic (exact) mass is 205 g/mol. The first-order chi connectivity index (χ1) is 7.22. The van der Waals surface area contributed by atoms with Gasteiger partial charge in [-0.25, -0.2) is 0 Å². The number of hydrogen-bond acceptors (Lipinski definition) is 2. The van der Waals surface area contributed by atoms with Crippen molar-refractivity contribution in [3.05, 3.63) is 43.3 Å². The van der Waals surface area contributed by atoms with Crippen molar-refractivity contribution in [1.82, 2.24) is 0 Å². The zero-order chi connectivity index (χ0) is 11.3. The van der Waals surface area contributed by atoms with Gasteiger partial charge in [-0.3, -0.25) is 0 Å². The number of methoxy groups -OCH3 is 1. The largest absolute Gasteiger partial charge is 0.493 e. The van der Waals surface area contributed by atoms with Crippen LogP contribution in [0.25, 0.3) is 0 Å². The molecule has 0 aromatic heterocycles. The number of benzene rings is 1. The highest BCUT2D eigenvalue weighted by atomic mass is 16.5. The van der Waals surface area contributed by atoms with E-state index in [-0.39, 0.29) is 5.92 Å². The van der Waals surface area contributed by atoms with E-state index in [1.807, 2.05) is 25.1 Å². The second kappa shape index (κ2) is 5.44. The highest BCUT2D eigenvalue weighted by Crippen LogP contribution is 2.30. The molecule has 15 heavy (non-hydrogen) atoms. The summed E-state index contributed by atoms with van der Waals surface area (Å²) in [6, 6.07) is 5.82. The van der Waals surface area contributed by atoms with Crippen LogP contribution in [0.15, 0.2) is 30.9 Å². The van der Waals surface area contributed by atoms with Crippen LogP contribution < -0.4 is 9.47 Å². The fraction of sp³-hybridized carbons (Fsp3) is 0.308. The van der Waals surface area contributed by atoms with Gasteiger partial charge in [0.05, 0.1) is 13.7 Å². The van der Waals surface area contributed by atoms with Crippen molar-refractivity contribution >= 4 is 0 Å². The summed E-state index contributed by atoms with van der Waals surface area (Å²) in [6.45, 7) is 10.3. The van der Waals surface area contributed by atoms with Crippen LogP contribution in [0.2, 0.25) is 0 Å². The smallest absolute Gasteiger partial charge is 0.161 e. The fourth-order valence-electron chi connectivity index (χ4n) is 1.33. The first-order valence-electron chi connectivity index (χ1n) is 4.99. The Balaban J connectivity index is 3.01. The van der Waals surface area contributed by atoms with Crippen molar-refractivity contribution in [1.29, 1.82) is 0 Å². The molecule has 1 unspecified atom stereocenters. The Morgan fingerprint density at radius 3 is 2.67 bits per heavy atom. The minimum absolute atomic E-state index is 0.0783. The zero-order valence-corrected chi connectivity index (χ0v) is 9.32. The molecular formula is C13H17O2. The molecule has 0 spiro atoms. The third-order valence-electron chi connectivity index (χ3n) is 2.20. The van der Waals surface area contributed by atoms with Crippen molar-refractivity contribution < 1.29 is 9.47 Å². The molecule has 0 bridgehead atoms. The van der Waals surface area contributed by atoms with Crippen molar-refractivity contribution in [2.75, 3.05) is 13.7 Å². The van der Waals surface area contributed by atoms with Crippen molar-refractivity contribution in [2.45, 2.75) is 12.8 Å². The molecule has 0 amide bonds. The molecule has 1 radical (unpaired) electrons. The molecule has 2 nitrogen and oxygen atoms in total. The van der Waals surface area contributed by atoms with E-state index in [0.717, 1.165) is 17.1 Å². The van der Waals surface area contributed by atoms with E-state index in [1.165, 1.54) is 0 Å². The average Bonchev–Trinajstić information content (AvgIpc) is 2.29. The molecule has 0 fully saturated rings. The Hall–Kier alpha value is -1.44. The second-order valence-corrected chi connectivity index (χ2v) is 3.19. The highest BCUT2D eigenvalue weighted by Gasteiger charge is 2.07. The van der Waals surface area contributed by atoms with E-state index < -0.39 is 0 Å². The van der Waals surface area contributed by atoms with Gasteiger partial charge in [0.25, 0.3) is 0 Å². The molecule has 2 heteroatoms. The van der Waals surface area contributed by atoms with Gasteiger partial charge in [0.1, 0.15) is 0 Å². The van der Waals surface area contributed by atoms with Gasteiger partial charge in [0.2, 0.25) is 0 Å². The summed E-state index contributed by atoms with van der Waals surface area (Å²) in [5.74, 6) is 1.58. The fourth-order valence-corrected chi connectivity index (χ4v) is 1.33. The van der Waals surface area contributed by atoms with E-state index in [1.54, 1.807) is 13.2 Å². The minimum Gasteiger partial charge on any atom is -0.493 e. The van der Waals surface area contributed by atoms with Crippen LogP contribution in [-0.4, -0.2) is 13.7 Å². The zero-order valence-electron chi connectivity index (χ0n) is 9.32. The lowest BCUT2D eigenvalue weighted by Crippen LogP contribution is -1.97. The van der Waals surface area contributed by atoms with Crippen molar-refractivity contribution in [3.8, 4) is 11.5 Å². The number of rotatable bonds is 5. The van der Waals surface area contributed by atoms with Crippen molar-refractivity contribution in [2.24, 2.45) is 0 Å². The summed E-state index contributed by atoms with van der Waals surface area (Å²) in [7, 11) is 1.63. The Labute approximate surface area is 91.5 Å². The Morgan fingerprint density at radius 2 is 2.13 bits per heavy atom. The van der Waals surface area contributed by atoms with Crippen LogP contribution in [-0.2, 0) is 0 Å². The quantitative estimate of drug-likeness (QED) is 0.687. The van der Waals surface area contributed by atoms with Gasteiger partial charge in [0, 0.05) is 5.92 Å². The molecule has 1 rings (SSSR count). The molecule has 0 saturated heterocycles. The van der Waals surface area contributed by atoms with Gasteiger partial charge >= 0.3 is 0 Å². The maximum atomic E-state index is 5.43. The van der Waals surface area contributed by atoms with Gasteiger partial charge in [-0.1, -0.05) is 12.1 Å². The van der Waals surface area contributed by atoms with Crippen molar-refractivity contribution in [3.63, 3.8) is 0 Å². The molecule has 81 valence electrons. The summed E-state index contributed by atoms with van der Waals surface area (Å²) < 4.78 is 10.7. The van der Waals surface area contributed by atoms with E-state index in [0.29, 0.717) is 6.61 Å². The van der Waals surface area contributed by atoms with E-state index in [2.05, 4.69) is 13.5 Å². The lowest BCUT2D eigenvalue weighted by Gasteiger charge is -2.12. The standard InChI is InChI=1S/C13H17O2/c1-5-10(3)11-7-8-12(15-6-2)13(9-11)14-4/h5,7-10H,1,3,6H2,2,4H3. The highest BCUT2D eigenvalue weighted by molar-refractivity contribution is 5.44. The topological polar surface area (TPSA) is 18.5 Å². The molecule has 0 N–H and O–H groups in total. The van der Waals surface area contributed by atoms with Crippen LogP contribution >= 0.6 is 0 Å². The maximum absolute atomic E-state index is 5.43. The average molecular weight is 205 g/mol. The minimum atomic E-state index is 0.0783. The molecular weight excluding hydrogens is 188 g/mol. The molecule has 0 heterocycles. The van der Waals surface area contributed by atoms with Gasteiger partial charge in [-0.2, -0.15) is 0 Å². The Morgan fingerprint density at radius 1 is 1.40 bits per heavy atom. The lowest BCUT2D eigenvalue weighted by molar-refractivity contribution is 0.310. The third-order valence-corrected chi connectivity index (χ3v) is 2.20. The molecule has 0 saturated carbocycles. The predicted octanol–water partition coefficient (Wildman–Crippen LogP) is 3.20. The SMILES string of the molecule is [CH2]C(C=C)c1ccc(OCC)c(OC)c1. The maximum Gasteiger partial charge on any atom is 0.161 e. The van der Waals surface area contributed by atoms with Crippen LogP contribution in [0.5, 0.6) is 11.5 Å². The summed E-state index contributed by atoms with van der Waals surface area (Å²) in [5, 5.41) is 0. The molecule has 0 aliphatic carbocycles. The molecule has 1 aromatic rings. The van der Waals surface area contributed by atoms with Crippen LogP contribution in [0.3, 0.4) is 0 Å². The summed E-state index contributed by atoms with van der Waals surface area (Å²) >= 11 is 0. The summed E-state index contributed by atoms with van der Waals surface area (Å²) in [6.07, 6.45) is 1.80. The van der Waals surface area contributed by atoms with Crippen LogP contribution in [0.1, 0.15) is 18.4 Å². The molecule has 1 aromatic carbocycles. The number of allylic oxidation sites excluding steroid dienone is 1. The molecule has 1 atom stereocenters. The first kappa shape index (κ1) is 11.6. The van der Waals surface area contributed by atoms with E-state index >= 15 is 0 Å². The third kappa shape index (κ3) is 2.75. The first-order valence-corrected chi connectivity index (χ1v) is 4.99. The molecule has 0 aliphatic heterocycles. The predicted molar refractivity (Wildman–Crippen MR) is 62.5 cm³/mol. The summed E-state index contributed by atoms with van der Waals surface area (Å²) in [4.78, 5) is 0. The van der Waals surface area contributed by atoms with E-state index in [4.69, 9.17) is 9.47 Å². The van der Waals surface area contributed by atoms with Gasteiger partial charge in [0.15, 0.2) is 11.5 Å². The van der Waals surface area contributed by atoms with Gasteiger partial charge in [-0.15, -0.1) is 6.58 Å². The van der Waals surface area contributed by atoms with Crippen LogP contribution in [0.4, 0.5) is 0 Å². The Bertz CT molecular complexity index is 331. The van der Waals surface area contributed by atoms with Gasteiger partial charge in [-0.05, 0) is 31.5 Å². The number of hydrogen-bond donors (Lipinski definition) is 0. The second-order valence-electron chi connectivity index (χ2n) is 3.19.